The fraction of sp³-hybridized carbons (Fsp3) is 0.333. The molecule has 1 heterocycles. The molecule has 0 atom stereocenters. The maximum absolute atomic E-state index is 9.88. The Labute approximate surface area is 110 Å². The van der Waals surface area contributed by atoms with Crippen LogP contribution in [0.15, 0.2) is 18.2 Å². The standard InChI is InChI=1S/C12H15N3O2S/c1-12(2,3)15-10(13-14-11(15)18)8-5-4-7(16)6-9(8)17/h4-6,16-17H,1-3H3,(H,14,18). The first kappa shape index (κ1) is 12.6. The van der Waals surface area contributed by atoms with Crippen molar-refractivity contribution in [1.82, 2.24) is 14.8 Å². The lowest BCUT2D eigenvalue weighted by Crippen LogP contribution is -2.22. The van der Waals surface area contributed by atoms with Crippen LogP contribution in [0, 0.1) is 4.77 Å². The van der Waals surface area contributed by atoms with Crippen molar-refractivity contribution < 1.29 is 10.2 Å². The highest BCUT2D eigenvalue weighted by atomic mass is 32.1. The third-order valence-corrected chi connectivity index (χ3v) is 2.84. The number of aromatic hydroxyl groups is 2. The Morgan fingerprint density at radius 3 is 2.50 bits per heavy atom. The number of H-pyrrole nitrogens is 1. The highest BCUT2D eigenvalue weighted by molar-refractivity contribution is 7.71. The molecule has 6 heteroatoms. The third-order valence-electron chi connectivity index (χ3n) is 2.57. The summed E-state index contributed by atoms with van der Waals surface area (Å²) in [5, 5.41) is 26.1. The second-order valence-corrected chi connectivity index (χ2v) is 5.45. The lowest BCUT2D eigenvalue weighted by molar-refractivity contribution is 0.394. The number of aromatic nitrogens is 3. The minimum Gasteiger partial charge on any atom is -0.508 e. The fourth-order valence-electron chi connectivity index (χ4n) is 1.81. The largest absolute Gasteiger partial charge is 0.508 e. The Bertz CT molecular complexity index is 638. The highest BCUT2D eigenvalue weighted by Gasteiger charge is 2.22. The molecule has 0 aliphatic rings. The smallest absolute Gasteiger partial charge is 0.195 e. The molecule has 96 valence electrons. The second kappa shape index (κ2) is 4.13. The van der Waals surface area contributed by atoms with Gasteiger partial charge >= 0.3 is 0 Å². The van der Waals surface area contributed by atoms with E-state index in [2.05, 4.69) is 10.2 Å². The normalized spacial score (nSPS) is 11.7. The van der Waals surface area contributed by atoms with Crippen LogP contribution in [-0.2, 0) is 5.54 Å². The molecule has 0 aliphatic heterocycles. The van der Waals surface area contributed by atoms with E-state index in [4.69, 9.17) is 12.2 Å². The molecule has 0 saturated heterocycles. The number of benzene rings is 1. The van der Waals surface area contributed by atoms with Gasteiger partial charge in [-0.05, 0) is 45.1 Å². The van der Waals surface area contributed by atoms with Gasteiger partial charge in [-0.3, -0.25) is 9.67 Å². The van der Waals surface area contributed by atoms with Gasteiger partial charge in [0.1, 0.15) is 11.5 Å². The summed E-state index contributed by atoms with van der Waals surface area (Å²) < 4.78 is 2.32. The lowest BCUT2D eigenvalue weighted by Gasteiger charge is -2.22. The first-order valence-electron chi connectivity index (χ1n) is 5.51. The van der Waals surface area contributed by atoms with Crippen molar-refractivity contribution in [2.75, 3.05) is 0 Å². The maximum Gasteiger partial charge on any atom is 0.195 e. The lowest BCUT2D eigenvalue weighted by atomic mass is 10.1. The molecule has 0 bridgehead atoms. The van der Waals surface area contributed by atoms with Gasteiger partial charge in [0.2, 0.25) is 0 Å². The molecule has 3 N–H and O–H groups in total. The molecular weight excluding hydrogens is 250 g/mol. The average molecular weight is 265 g/mol. The molecule has 1 aromatic carbocycles. The van der Waals surface area contributed by atoms with Crippen molar-refractivity contribution in [3.63, 3.8) is 0 Å². The van der Waals surface area contributed by atoms with Crippen LogP contribution in [0.25, 0.3) is 11.4 Å². The summed E-state index contributed by atoms with van der Waals surface area (Å²) in [6, 6.07) is 4.39. The van der Waals surface area contributed by atoms with Gasteiger partial charge in [-0.1, -0.05) is 0 Å². The van der Waals surface area contributed by atoms with E-state index >= 15 is 0 Å². The molecular formula is C12H15N3O2S. The predicted octanol–water partition coefficient (Wildman–Crippen LogP) is 2.77. The zero-order valence-electron chi connectivity index (χ0n) is 10.4. The van der Waals surface area contributed by atoms with Crippen LogP contribution in [0.4, 0.5) is 0 Å². The van der Waals surface area contributed by atoms with Gasteiger partial charge < -0.3 is 10.2 Å². The topological polar surface area (TPSA) is 74.1 Å². The number of rotatable bonds is 1. The Kier molecular flexibility index (Phi) is 2.90. The second-order valence-electron chi connectivity index (χ2n) is 5.06. The van der Waals surface area contributed by atoms with Crippen molar-refractivity contribution >= 4 is 12.2 Å². The number of phenols is 2. The Morgan fingerprint density at radius 1 is 1.28 bits per heavy atom. The maximum atomic E-state index is 9.88. The van der Waals surface area contributed by atoms with Crippen molar-refractivity contribution in [2.24, 2.45) is 0 Å². The van der Waals surface area contributed by atoms with Gasteiger partial charge in [0, 0.05) is 11.6 Å². The van der Waals surface area contributed by atoms with Crippen LogP contribution in [0.3, 0.4) is 0 Å². The monoisotopic (exact) mass is 265 g/mol. The van der Waals surface area contributed by atoms with Crippen LogP contribution in [0.5, 0.6) is 11.5 Å². The molecule has 2 aromatic rings. The summed E-state index contributed by atoms with van der Waals surface area (Å²) >= 11 is 5.20. The minimum atomic E-state index is -0.260. The van der Waals surface area contributed by atoms with Crippen LogP contribution < -0.4 is 0 Å². The molecule has 18 heavy (non-hydrogen) atoms. The molecule has 0 saturated carbocycles. The van der Waals surface area contributed by atoms with E-state index in [1.54, 1.807) is 6.07 Å². The van der Waals surface area contributed by atoms with Crippen LogP contribution >= 0.6 is 12.2 Å². The van der Waals surface area contributed by atoms with Crippen molar-refractivity contribution in [3.05, 3.63) is 23.0 Å². The summed E-state index contributed by atoms with van der Waals surface area (Å²) in [5.41, 5.74) is 0.263. The number of aromatic amines is 1. The molecule has 0 unspecified atom stereocenters. The molecule has 0 aliphatic carbocycles. The van der Waals surface area contributed by atoms with Crippen LogP contribution in [-0.4, -0.2) is 25.0 Å². The molecule has 0 amide bonds. The van der Waals surface area contributed by atoms with E-state index in [1.807, 2.05) is 25.3 Å². The van der Waals surface area contributed by atoms with Gasteiger partial charge in [0.15, 0.2) is 10.6 Å². The fourth-order valence-corrected chi connectivity index (χ4v) is 2.22. The molecule has 0 fully saturated rings. The third kappa shape index (κ3) is 2.11. The summed E-state index contributed by atoms with van der Waals surface area (Å²) in [4.78, 5) is 0. The zero-order valence-corrected chi connectivity index (χ0v) is 11.2. The predicted molar refractivity (Wildman–Crippen MR) is 71.2 cm³/mol. The van der Waals surface area contributed by atoms with Crippen LogP contribution in [0.2, 0.25) is 0 Å². The summed E-state index contributed by atoms with van der Waals surface area (Å²) in [6.07, 6.45) is 0. The highest BCUT2D eigenvalue weighted by Crippen LogP contribution is 2.33. The molecule has 0 radical (unpaired) electrons. The summed E-state index contributed by atoms with van der Waals surface area (Å²) in [7, 11) is 0. The SMILES string of the molecule is CC(C)(C)n1c(-c2ccc(O)cc2O)n[nH]c1=S. The molecule has 2 rings (SSSR count). The van der Waals surface area contributed by atoms with E-state index in [9.17, 15) is 10.2 Å². The summed E-state index contributed by atoms with van der Waals surface area (Å²) in [6.45, 7) is 6.00. The van der Waals surface area contributed by atoms with E-state index in [1.165, 1.54) is 12.1 Å². The number of phenolic OH excluding ortho intramolecular Hbond substituents is 2. The molecule has 5 nitrogen and oxygen atoms in total. The van der Waals surface area contributed by atoms with E-state index in [0.717, 1.165) is 0 Å². The number of nitrogens with one attached hydrogen (secondary N) is 1. The Morgan fingerprint density at radius 2 is 1.94 bits per heavy atom. The minimum absolute atomic E-state index is 0.00712. The Balaban J connectivity index is 2.69. The van der Waals surface area contributed by atoms with E-state index in [-0.39, 0.29) is 17.0 Å². The van der Waals surface area contributed by atoms with Gasteiger partial charge in [-0.15, -0.1) is 0 Å². The first-order valence-corrected chi connectivity index (χ1v) is 5.92. The van der Waals surface area contributed by atoms with Gasteiger partial charge in [0.25, 0.3) is 0 Å². The zero-order chi connectivity index (χ0) is 13.5. The van der Waals surface area contributed by atoms with Crippen LogP contribution in [0.1, 0.15) is 20.8 Å². The summed E-state index contributed by atoms with van der Waals surface area (Å²) in [5.74, 6) is 0.521. The first-order chi connectivity index (χ1) is 8.30. The average Bonchev–Trinajstić information content (AvgIpc) is 2.59. The number of hydrogen-bond acceptors (Lipinski definition) is 4. The van der Waals surface area contributed by atoms with Gasteiger partial charge in [-0.25, -0.2) is 0 Å². The van der Waals surface area contributed by atoms with Crippen molar-refractivity contribution in [3.8, 4) is 22.9 Å². The molecule has 0 spiro atoms. The van der Waals surface area contributed by atoms with E-state index < -0.39 is 0 Å². The van der Waals surface area contributed by atoms with Gasteiger partial charge in [0.05, 0.1) is 5.56 Å². The number of hydrogen-bond donors (Lipinski definition) is 3. The Hall–Kier alpha value is -1.82. The van der Waals surface area contributed by atoms with Crippen molar-refractivity contribution in [2.45, 2.75) is 26.3 Å². The quantitative estimate of drug-likeness (QED) is 0.693. The van der Waals surface area contributed by atoms with Gasteiger partial charge in [-0.2, -0.15) is 5.10 Å². The molecule has 1 aromatic heterocycles. The van der Waals surface area contributed by atoms with E-state index in [0.29, 0.717) is 16.2 Å². The number of nitrogens with zero attached hydrogens (tertiary/aromatic N) is 2. The van der Waals surface area contributed by atoms with Crippen molar-refractivity contribution in [1.29, 1.82) is 0 Å².